The summed E-state index contributed by atoms with van der Waals surface area (Å²) in [4.78, 5) is 24.4. The van der Waals surface area contributed by atoms with E-state index in [1.807, 2.05) is 54.6 Å². The Hall–Kier alpha value is -3.47. The number of amides is 1. The third-order valence-corrected chi connectivity index (χ3v) is 3.95. The van der Waals surface area contributed by atoms with Gasteiger partial charge in [-0.3, -0.25) is 9.78 Å². The van der Waals surface area contributed by atoms with E-state index in [4.69, 9.17) is 0 Å². The molecule has 0 unspecified atom stereocenters. The first-order chi connectivity index (χ1) is 12.3. The zero-order valence-corrected chi connectivity index (χ0v) is 13.4. The number of benzene rings is 2. The molecule has 4 aromatic rings. The van der Waals surface area contributed by atoms with E-state index in [-0.39, 0.29) is 5.91 Å². The molecule has 0 fully saturated rings. The molecule has 1 amide bonds. The summed E-state index contributed by atoms with van der Waals surface area (Å²) in [6, 6.07) is 21.1. The first-order valence-corrected chi connectivity index (χ1v) is 8.03. The number of imidazole rings is 1. The lowest BCUT2D eigenvalue weighted by molar-refractivity contribution is 0.0950. The number of hydrogen-bond acceptors (Lipinski definition) is 3. The topological polar surface area (TPSA) is 70.7 Å². The Labute approximate surface area is 144 Å². The van der Waals surface area contributed by atoms with Crippen molar-refractivity contribution in [1.82, 2.24) is 20.3 Å². The number of fused-ring (bicyclic) bond motifs is 1. The maximum atomic E-state index is 12.4. The molecule has 2 N–H and O–H groups in total. The van der Waals surface area contributed by atoms with Crippen LogP contribution in [0.1, 0.15) is 16.2 Å². The Bertz CT molecular complexity index is 991. The van der Waals surface area contributed by atoms with E-state index in [9.17, 15) is 4.79 Å². The average molecular weight is 328 g/mol. The minimum atomic E-state index is -0.153. The van der Waals surface area contributed by atoms with Gasteiger partial charge < -0.3 is 10.3 Å². The molecule has 2 aromatic heterocycles. The number of carbonyl (C=O) groups excluding carboxylic acids is 1. The molecule has 0 saturated carbocycles. The highest BCUT2D eigenvalue weighted by Gasteiger charge is 2.09. The van der Waals surface area contributed by atoms with E-state index in [1.165, 1.54) is 0 Å². The lowest BCUT2D eigenvalue weighted by atomic mass is 10.1. The van der Waals surface area contributed by atoms with Gasteiger partial charge in [0.1, 0.15) is 5.82 Å². The van der Waals surface area contributed by atoms with Crippen molar-refractivity contribution in [3.63, 3.8) is 0 Å². The largest absolute Gasteiger partial charge is 0.345 e. The Morgan fingerprint density at radius 1 is 1.00 bits per heavy atom. The molecule has 5 heteroatoms. The van der Waals surface area contributed by atoms with Crippen molar-refractivity contribution >= 4 is 16.9 Å². The molecule has 0 aliphatic heterocycles. The normalized spacial score (nSPS) is 10.7. The first-order valence-electron chi connectivity index (χ1n) is 8.03. The van der Waals surface area contributed by atoms with E-state index < -0.39 is 0 Å². The van der Waals surface area contributed by atoms with Crippen LogP contribution in [0.4, 0.5) is 0 Å². The smallest absolute Gasteiger partial charge is 0.251 e. The van der Waals surface area contributed by atoms with E-state index in [2.05, 4.69) is 20.3 Å². The molecular formula is C20H16N4O. The number of nitrogens with zero attached hydrogens (tertiary/aromatic N) is 2. The summed E-state index contributed by atoms with van der Waals surface area (Å²) in [7, 11) is 0. The molecule has 2 aromatic carbocycles. The summed E-state index contributed by atoms with van der Waals surface area (Å²) in [5.41, 5.74) is 4.18. The number of rotatable bonds is 4. The van der Waals surface area contributed by atoms with Crippen molar-refractivity contribution in [3.8, 4) is 11.3 Å². The monoisotopic (exact) mass is 328 g/mol. The number of carbonyl (C=O) groups is 1. The zero-order chi connectivity index (χ0) is 17.1. The van der Waals surface area contributed by atoms with Gasteiger partial charge in [-0.05, 0) is 24.3 Å². The van der Waals surface area contributed by atoms with Gasteiger partial charge in [-0.2, -0.15) is 0 Å². The fourth-order valence-electron chi connectivity index (χ4n) is 2.69. The summed E-state index contributed by atoms with van der Waals surface area (Å²) >= 11 is 0. The van der Waals surface area contributed by atoms with Crippen molar-refractivity contribution in [2.75, 3.05) is 0 Å². The van der Waals surface area contributed by atoms with Crippen LogP contribution < -0.4 is 5.32 Å². The minimum absolute atomic E-state index is 0.153. The molecule has 0 spiro atoms. The summed E-state index contributed by atoms with van der Waals surface area (Å²) in [5.74, 6) is 0.576. The molecule has 25 heavy (non-hydrogen) atoms. The highest BCUT2D eigenvalue weighted by molar-refractivity contribution is 5.95. The lowest BCUT2D eigenvalue weighted by Gasteiger charge is -2.05. The fraction of sp³-hybridized carbons (Fsp3) is 0.0500. The van der Waals surface area contributed by atoms with Crippen molar-refractivity contribution in [2.24, 2.45) is 0 Å². The van der Waals surface area contributed by atoms with E-state index >= 15 is 0 Å². The highest BCUT2D eigenvalue weighted by atomic mass is 16.1. The van der Waals surface area contributed by atoms with Crippen LogP contribution in [0.15, 0.2) is 72.9 Å². The predicted molar refractivity (Wildman–Crippen MR) is 96.9 cm³/mol. The molecule has 5 nitrogen and oxygen atoms in total. The Balaban J connectivity index is 1.49. The molecule has 4 rings (SSSR count). The molecular weight excluding hydrogens is 312 g/mol. The summed E-state index contributed by atoms with van der Waals surface area (Å²) in [5, 5.41) is 2.89. The maximum absolute atomic E-state index is 12.4. The Kier molecular flexibility index (Phi) is 3.96. The number of aromatic amines is 1. The van der Waals surface area contributed by atoms with Crippen LogP contribution in [-0.4, -0.2) is 20.9 Å². The molecule has 2 heterocycles. The molecule has 0 aliphatic carbocycles. The van der Waals surface area contributed by atoms with Gasteiger partial charge in [0, 0.05) is 17.3 Å². The number of para-hydroxylation sites is 2. The Morgan fingerprint density at radius 2 is 1.80 bits per heavy atom. The van der Waals surface area contributed by atoms with Gasteiger partial charge in [0.15, 0.2) is 0 Å². The third-order valence-electron chi connectivity index (χ3n) is 3.95. The van der Waals surface area contributed by atoms with Crippen LogP contribution in [-0.2, 0) is 6.54 Å². The second-order valence-corrected chi connectivity index (χ2v) is 5.68. The molecule has 0 saturated heterocycles. The Morgan fingerprint density at radius 3 is 2.64 bits per heavy atom. The van der Waals surface area contributed by atoms with Crippen LogP contribution in [0.5, 0.6) is 0 Å². The quantitative estimate of drug-likeness (QED) is 0.602. The highest BCUT2D eigenvalue weighted by Crippen LogP contribution is 2.17. The molecule has 0 bridgehead atoms. The molecule has 0 aliphatic rings. The summed E-state index contributed by atoms with van der Waals surface area (Å²) in [6.07, 6.45) is 1.65. The lowest BCUT2D eigenvalue weighted by Crippen LogP contribution is -2.23. The number of H-pyrrole nitrogens is 1. The summed E-state index contributed by atoms with van der Waals surface area (Å²) < 4.78 is 0. The SMILES string of the molecule is O=C(NCc1nc2ccccc2[nH]1)c1ccnc(-c2ccccc2)c1. The number of hydrogen-bond donors (Lipinski definition) is 2. The third kappa shape index (κ3) is 3.26. The van der Waals surface area contributed by atoms with Crippen molar-refractivity contribution in [1.29, 1.82) is 0 Å². The second kappa shape index (κ2) is 6.57. The van der Waals surface area contributed by atoms with E-state index in [0.29, 0.717) is 12.1 Å². The molecule has 0 radical (unpaired) electrons. The first kappa shape index (κ1) is 15.1. The van der Waals surface area contributed by atoms with E-state index in [1.54, 1.807) is 18.3 Å². The zero-order valence-electron chi connectivity index (χ0n) is 13.4. The van der Waals surface area contributed by atoms with Crippen molar-refractivity contribution < 1.29 is 4.79 Å². The van der Waals surface area contributed by atoms with Crippen LogP contribution in [0, 0.1) is 0 Å². The molecule has 122 valence electrons. The summed E-state index contributed by atoms with van der Waals surface area (Å²) in [6.45, 7) is 0.344. The number of nitrogens with one attached hydrogen (secondary N) is 2. The minimum Gasteiger partial charge on any atom is -0.345 e. The van der Waals surface area contributed by atoms with Gasteiger partial charge in [0.05, 0.1) is 23.3 Å². The molecule has 0 atom stereocenters. The van der Waals surface area contributed by atoms with E-state index in [0.717, 1.165) is 28.1 Å². The van der Waals surface area contributed by atoms with Crippen LogP contribution in [0.2, 0.25) is 0 Å². The van der Waals surface area contributed by atoms with Gasteiger partial charge >= 0.3 is 0 Å². The average Bonchev–Trinajstić information content (AvgIpc) is 3.10. The van der Waals surface area contributed by atoms with Crippen LogP contribution in [0.3, 0.4) is 0 Å². The van der Waals surface area contributed by atoms with Gasteiger partial charge in [0.2, 0.25) is 0 Å². The van der Waals surface area contributed by atoms with Gasteiger partial charge in [0.25, 0.3) is 5.91 Å². The number of pyridine rings is 1. The second-order valence-electron chi connectivity index (χ2n) is 5.68. The van der Waals surface area contributed by atoms with Crippen LogP contribution in [0.25, 0.3) is 22.3 Å². The fourth-order valence-corrected chi connectivity index (χ4v) is 2.69. The maximum Gasteiger partial charge on any atom is 0.251 e. The predicted octanol–water partition coefficient (Wildman–Crippen LogP) is 3.55. The van der Waals surface area contributed by atoms with Crippen molar-refractivity contribution in [3.05, 3.63) is 84.3 Å². The van der Waals surface area contributed by atoms with Crippen molar-refractivity contribution in [2.45, 2.75) is 6.54 Å². The number of aromatic nitrogens is 3. The standard InChI is InChI=1S/C20H16N4O/c25-20(22-13-19-23-16-8-4-5-9-17(16)24-19)15-10-11-21-18(12-15)14-6-2-1-3-7-14/h1-12H,13H2,(H,22,25)(H,23,24). The van der Waals surface area contributed by atoms with Gasteiger partial charge in [-0.1, -0.05) is 42.5 Å². The van der Waals surface area contributed by atoms with Gasteiger partial charge in [-0.25, -0.2) is 4.98 Å². The van der Waals surface area contributed by atoms with Crippen LogP contribution >= 0.6 is 0 Å². The van der Waals surface area contributed by atoms with Gasteiger partial charge in [-0.15, -0.1) is 0 Å².